The summed E-state index contributed by atoms with van der Waals surface area (Å²) in [6.45, 7) is 1.90. The highest BCUT2D eigenvalue weighted by Crippen LogP contribution is 2.22. The number of anilines is 2. The minimum atomic E-state index is -0.342. The van der Waals surface area contributed by atoms with Crippen molar-refractivity contribution >= 4 is 34.0 Å². The van der Waals surface area contributed by atoms with Gasteiger partial charge < -0.3 is 10.1 Å². The molecule has 0 aliphatic rings. The van der Waals surface area contributed by atoms with Gasteiger partial charge in [-0.3, -0.25) is 14.9 Å². The van der Waals surface area contributed by atoms with Crippen LogP contribution < -0.4 is 15.4 Å². The van der Waals surface area contributed by atoms with Crippen molar-refractivity contribution in [1.82, 2.24) is 4.98 Å². The van der Waals surface area contributed by atoms with Gasteiger partial charge in [0, 0.05) is 16.6 Å². The topological polar surface area (TPSA) is 80.3 Å². The largest absolute Gasteiger partial charge is 0.496 e. The van der Waals surface area contributed by atoms with Crippen LogP contribution in [-0.2, 0) is 0 Å². The van der Waals surface area contributed by atoms with Crippen molar-refractivity contribution < 1.29 is 14.3 Å². The number of nitrogens with one attached hydrogen (secondary N) is 2. The Kier molecular flexibility index (Phi) is 5.28. The summed E-state index contributed by atoms with van der Waals surface area (Å²) in [5, 5.41) is 7.45. The fourth-order valence-electron chi connectivity index (χ4n) is 2.35. The van der Waals surface area contributed by atoms with Gasteiger partial charge in [-0.2, -0.15) is 0 Å². The van der Waals surface area contributed by atoms with Crippen LogP contribution in [0.3, 0.4) is 0 Å². The number of nitrogens with zero attached hydrogens (tertiary/aromatic N) is 1. The molecule has 132 valence electrons. The van der Waals surface area contributed by atoms with Crippen molar-refractivity contribution in [1.29, 1.82) is 0 Å². The third kappa shape index (κ3) is 4.07. The second kappa shape index (κ2) is 7.79. The molecule has 1 heterocycles. The summed E-state index contributed by atoms with van der Waals surface area (Å²) in [5.74, 6) is 0.145. The highest BCUT2D eigenvalue weighted by Gasteiger charge is 2.14. The molecule has 26 heavy (non-hydrogen) atoms. The van der Waals surface area contributed by atoms with Gasteiger partial charge in [-0.1, -0.05) is 18.2 Å². The molecule has 7 heteroatoms. The van der Waals surface area contributed by atoms with Crippen molar-refractivity contribution in [2.45, 2.75) is 6.92 Å². The van der Waals surface area contributed by atoms with E-state index in [1.807, 2.05) is 19.1 Å². The van der Waals surface area contributed by atoms with Crippen molar-refractivity contribution in [3.05, 3.63) is 70.7 Å². The van der Waals surface area contributed by atoms with Crippen molar-refractivity contribution in [3.63, 3.8) is 0 Å². The van der Waals surface area contributed by atoms with Gasteiger partial charge in [0.1, 0.15) is 11.4 Å². The van der Waals surface area contributed by atoms with E-state index in [9.17, 15) is 9.59 Å². The molecule has 3 rings (SSSR count). The fourth-order valence-corrected chi connectivity index (χ4v) is 3.03. The number of amides is 2. The number of carbonyl (C=O) groups excluding carboxylic acids is 2. The monoisotopic (exact) mass is 367 g/mol. The molecule has 0 aliphatic heterocycles. The second-order valence-corrected chi connectivity index (χ2v) is 6.35. The molecular weight excluding hydrogens is 350 g/mol. The van der Waals surface area contributed by atoms with Crippen LogP contribution in [0, 0.1) is 6.92 Å². The summed E-state index contributed by atoms with van der Waals surface area (Å²) in [5.41, 5.74) is 2.34. The van der Waals surface area contributed by atoms with Crippen LogP contribution in [0.5, 0.6) is 5.75 Å². The standard InChI is InChI=1S/C19H17N3O3S/c1-12-10-14(8-9-16(12)25-2)20-18(24)15-11-26-19(21-15)22-17(23)13-6-4-3-5-7-13/h3-11H,1-2H3,(H,20,24)(H,21,22,23). The number of methoxy groups -OCH3 is 1. The molecule has 1 aromatic heterocycles. The third-order valence-electron chi connectivity index (χ3n) is 3.65. The number of carbonyl (C=O) groups is 2. The fraction of sp³-hybridized carbons (Fsp3) is 0.105. The maximum absolute atomic E-state index is 12.3. The minimum absolute atomic E-state index is 0.242. The SMILES string of the molecule is COc1ccc(NC(=O)c2csc(NC(=O)c3ccccc3)n2)cc1C. The number of aryl methyl sites for hydroxylation is 1. The smallest absolute Gasteiger partial charge is 0.275 e. The minimum Gasteiger partial charge on any atom is -0.496 e. The molecule has 3 aromatic rings. The summed E-state index contributed by atoms with van der Waals surface area (Å²) < 4.78 is 5.20. The molecule has 0 atom stereocenters. The molecular formula is C19H17N3O3S. The molecule has 0 aliphatic carbocycles. The van der Waals surface area contributed by atoms with E-state index < -0.39 is 0 Å². The molecule has 0 fully saturated rings. The summed E-state index contributed by atoms with van der Waals surface area (Å²) in [4.78, 5) is 28.6. The molecule has 0 saturated carbocycles. The summed E-state index contributed by atoms with van der Waals surface area (Å²) in [7, 11) is 1.60. The lowest BCUT2D eigenvalue weighted by molar-refractivity contribution is 0.101. The zero-order chi connectivity index (χ0) is 18.5. The van der Waals surface area contributed by atoms with Crippen LogP contribution in [0.1, 0.15) is 26.4 Å². The predicted octanol–water partition coefficient (Wildman–Crippen LogP) is 3.96. The third-order valence-corrected chi connectivity index (χ3v) is 4.40. The number of hydrogen-bond donors (Lipinski definition) is 2. The number of aromatic nitrogens is 1. The average Bonchev–Trinajstić information content (AvgIpc) is 3.11. The van der Waals surface area contributed by atoms with E-state index in [4.69, 9.17) is 4.74 Å². The van der Waals surface area contributed by atoms with Gasteiger partial charge in [-0.15, -0.1) is 11.3 Å². The highest BCUT2D eigenvalue weighted by molar-refractivity contribution is 7.14. The van der Waals surface area contributed by atoms with Gasteiger partial charge in [0.2, 0.25) is 0 Å². The lowest BCUT2D eigenvalue weighted by atomic mass is 10.2. The first-order valence-electron chi connectivity index (χ1n) is 7.85. The molecule has 0 radical (unpaired) electrons. The normalized spacial score (nSPS) is 10.2. The maximum atomic E-state index is 12.3. The van der Waals surface area contributed by atoms with Crippen LogP contribution in [0.25, 0.3) is 0 Å². The Morgan fingerprint density at radius 1 is 1.04 bits per heavy atom. The first-order valence-corrected chi connectivity index (χ1v) is 8.72. The zero-order valence-electron chi connectivity index (χ0n) is 14.3. The number of thiazole rings is 1. The van der Waals surface area contributed by atoms with Crippen LogP contribution in [0.2, 0.25) is 0 Å². The highest BCUT2D eigenvalue weighted by atomic mass is 32.1. The van der Waals surface area contributed by atoms with E-state index in [0.717, 1.165) is 11.3 Å². The Hall–Kier alpha value is -3.19. The Labute approximate surface area is 154 Å². The first-order chi connectivity index (χ1) is 12.6. The molecule has 0 bridgehead atoms. The Morgan fingerprint density at radius 2 is 1.81 bits per heavy atom. The summed E-state index contributed by atoms with van der Waals surface area (Å²) in [6.07, 6.45) is 0. The Bertz CT molecular complexity index is 938. The number of ether oxygens (including phenoxy) is 1. The van der Waals surface area contributed by atoms with E-state index in [1.165, 1.54) is 11.3 Å². The van der Waals surface area contributed by atoms with Crippen LogP contribution in [-0.4, -0.2) is 23.9 Å². The van der Waals surface area contributed by atoms with Gasteiger partial charge >= 0.3 is 0 Å². The predicted molar refractivity (Wildman–Crippen MR) is 102 cm³/mol. The maximum Gasteiger partial charge on any atom is 0.275 e. The van der Waals surface area contributed by atoms with Gasteiger partial charge in [0.15, 0.2) is 5.13 Å². The van der Waals surface area contributed by atoms with E-state index in [2.05, 4.69) is 15.6 Å². The Morgan fingerprint density at radius 3 is 2.50 bits per heavy atom. The summed E-state index contributed by atoms with van der Waals surface area (Å²) >= 11 is 1.20. The Balaban J connectivity index is 1.66. The number of rotatable bonds is 5. The van der Waals surface area contributed by atoms with Gasteiger partial charge in [-0.25, -0.2) is 4.98 Å². The zero-order valence-corrected chi connectivity index (χ0v) is 15.1. The van der Waals surface area contributed by atoms with Crippen molar-refractivity contribution in [2.24, 2.45) is 0 Å². The van der Waals surface area contributed by atoms with Crippen LogP contribution >= 0.6 is 11.3 Å². The van der Waals surface area contributed by atoms with E-state index in [-0.39, 0.29) is 17.5 Å². The molecule has 0 spiro atoms. The van der Waals surface area contributed by atoms with E-state index >= 15 is 0 Å². The van der Waals surface area contributed by atoms with Crippen LogP contribution in [0.4, 0.5) is 10.8 Å². The average molecular weight is 367 g/mol. The summed E-state index contributed by atoms with van der Waals surface area (Å²) in [6, 6.07) is 14.2. The second-order valence-electron chi connectivity index (χ2n) is 5.50. The van der Waals surface area contributed by atoms with E-state index in [1.54, 1.807) is 48.9 Å². The lowest BCUT2D eigenvalue weighted by Crippen LogP contribution is -2.14. The first kappa shape index (κ1) is 17.6. The quantitative estimate of drug-likeness (QED) is 0.715. The molecule has 2 N–H and O–H groups in total. The van der Waals surface area contributed by atoms with Gasteiger partial charge in [0.05, 0.1) is 7.11 Å². The van der Waals surface area contributed by atoms with E-state index in [0.29, 0.717) is 16.4 Å². The van der Waals surface area contributed by atoms with Crippen molar-refractivity contribution in [3.8, 4) is 5.75 Å². The van der Waals surface area contributed by atoms with Crippen molar-refractivity contribution in [2.75, 3.05) is 17.7 Å². The number of hydrogen-bond acceptors (Lipinski definition) is 5. The number of benzene rings is 2. The van der Waals surface area contributed by atoms with Gasteiger partial charge in [-0.05, 0) is 42.8 Å². The molecule has 0 saturated heterocycles. The molecule has 2 aromatic carbocycles. The van der Waals surface area contributed by atoms with Gasteiger partial charge in [0.25, 0.3) is 11.8 Å². The van der Waals surface area contributed by atoms with Crippen LogP contribution in [0.15, 0.2) is 53.9 Å². The molecule has 6 nitrogen and oxygen atoms in total. The lowest BCUT2D eigenvalue weighted by Gasteiger charge is -2.08. The molecule has 0 unspecified atom stereocenters. The molecule has 2 amide bonds.